The Labute approximate surface area is 389 Å². The van der Waals surface area contributed by atoms with Gasteiger partial charge in [-0.3, -0.25) is 9.59 Å². The molecule has 0 bridgehead atoms. The van der Waals surface area contributed by atoms with Gasteiger partial charge in [-0.05, 0) is 83.6 Å². The molecule has 3 fully saturated rings. The zero-order valence-electron chi connectivity index (χ0n) is 39.0. The molecule has 1 unspecified atom stereocenters. The number of amides is 2. The molecule has 0 radical (unpaired) electrons. The third-order valence-electron chi connectivity index (χ3n) is 12.0. The number of fused-ring (bicyclic) bond motifs is 3. The summed E-state index contributed by atoms with van der Waals surface area (Å²) in [5.74, 6) is 2.41. The number of aromatic nitrogens is 5. The summed E-state index contributed by atoms with van der Waals surface area (Å²) in [6, 6.07) is 15.0. The van der Waals surface area contributed by atoms with Gasteiger partial charge in [-0.25, -0.2) is 15.0 Å². The average Bonchev–Trinajstić information content (AvgIpc) is 4.18. The van der Waals surface area contributed by atoms with E-state index < -0.39 is 0 Å². The molecule has 2 N–H and O–H groups in total. The average molecular weight is 906 g/mol. The summed E-state index contributed by atoms with van der Waals surface area (Å²) in [6.07, 6.45) is 13.4. The van der Waals surface area contributed by atoms with E-state index in [1.165, 1.54) is 0 Å². The third-order valence-corrected chi connectivity index (χ3v) is 12.0. The van der Waals surface area contributed by atoms with Gasteiger partial charge in [-0.15, -0.1) is 0 Å². The number of carbonyl (C=O) groups excluding carboxylic acids is 2. The Hall–Kier alpha value is -6.03. The van der Waals surface area contributed by atoms with Gasteiger partial charge in [-0.2, -0.15) is 0 Å². The fourth-order valence-corrected chi connectivity index (χ4v) is 8.68. The van der Waals surface area contributed by atoms with Crippen molar-refractivity contribution in [3.8, 4) is 17.2 Å². The highest BCUT2D eigenvalue weighted by atomic mass is 16.5. The summed E-state index contributed by atoms with van der Waals surface area (Å²) < 4.78 is 38.1. The predicted octanol–water partition coefficient (Wildman–Crippen LogP) is 9.89. The van der Waals surface area contributed by atoms with Crippen molar-refractivity contribution in [2.45, 2.75) is 110 Å². The van der Waals surface area contributed by atoms with E-state index in [2.05, 4.69) is 15.6 Å². The maximum Gasteiger partial charge on any atom is 0.274 e. The number of pyridine rings is 3. The van der Waals surface area contributed by atoms with Crippen LogP contribution < -0.4 is 24.8 Å². The Morgan fingerprint density at radius 2 is 1.17 bits per heavy atom. The molecule has 2 amide bonds. The Morgan fingerprint density at radius 3 is 1.71 bits per heavy atom. The minimum Gasteiger partial charge on any atom is -0.492 e. The molecule has 0 saturated carbocycles. The van der Waals surface area contributed by atoms with Gasteiger partial charge in [0.05, 0.1) is 42.4 Å². The third kappa shape index (κ3) is 11.0. The predicted molar refractivity (Wildman–Crippen MR) is 257 cm³/mol. The minimum absolute atomic E-state index is 0. The molecular formula is C51H67N7O8. The number of carbonyl (C=O) groups is 2. The first-order chi connectivity index (χ1) is 32.1. The lowest BCUT2D eigenvalue weighted by Gasteiger charge is -2.19. The highest BCUT2D eigenvalue weighted by Crippen LogP contribution is 2.35. The van der Waals surface area contributed by atoms with Crippen LogP contribution in [0.25, 0.3) is 11.3 Å². The van der Waals surface area contributed by atoms with Crippen LogP contribution in [0.5, 0.6) is 17.2 Å². The number of para-hydroxylation sites is 1. The van der Waals surface area contributed by atoms with E-state index in [0.29, 0.717) is 64.9 Å². The molecule has 15 nitrogen and oxygen atoms in total. The van der Waals surface area contributed by atoms with Crippen molar-refractivity contribution in [1.29, 1.82) is 0 Å². The maximum absolute atomic E-state index is 13.1. The summed E-state index contributed by atoms with van der Waals surface area (Å²) in [6.45, 7) is 16.9. The second-order valence-electron chi connectivity index (χ2n) is 17.4. The summed E-state index contributed by atoms with van der Waals surface area (Å²) in [4.78, 5) is 40.5. The van der Waals surface area contributed by atoms with E-state index in [-0.39, 0.29) is 32.8 Å². The SMILES string of the molecule is CC.CC(C)Oc1cc2nc(C3CCOCC3)cn2cc1NC(=O)c1cccc(C2CCOC2)n1.CC(C)Oc1cc2nc(C3CCOCC3)cn2cc1NC(=O)c1cccc2c1OCC2.[HH].[HH]. The van der Waals surface area contributed by atoms with E-state index in [1.807, 2.05) is 112 Å². The molecule has 4 aliphatic heterocycles. The normalized spacial score (nSPS) is 17.4. The quantitative estimate of drug-likeness (QED) is 0.127. The largest absolute Gasteiger partial charge is 0.492 e. The van der Waals surface area contributed by atoms with E-state index in [1.54, 1.807) is 12.1 Å². The molecule has 6 aromatic rings. The summed E-state index contributed by atoms with van der Waals surface area (Å²) >= 11 is 0. The van der Waals surface area contributed by atoms with Gasteiger partial charge in [0.15, 0.2) is 0 Å². The molecule has 66 heavy (non-hydrogen) atoms. The zero-order chi connectivity index (χ0) is 46.2. The first kappa shape index (κ1) is 46.5. The van der Waals surface area contributed by atoms with E-state index in [0.717, 1.165) is 105 Å². The van der Waals surface area contributed by atoms with Crippen LogP contribution in [0, 0.1) is 0 Å². The van der Waals surface area contributed by atoms with Crippen molar-refractivity contribution in [2.24, 2.45) is 0 Å². The molecule has 3 saturated heterocycles. The minimum atomic E-state index is -0.270. The first-order valence-electron chi connectivity index (χ1n) is 23.6. The topological polar surface area (TPSA) is 161 Å². The Kier molecular flexibility index (Phi) is 15.2. The molecule has 10 rings (SSSR count). The van der Waals surface area contributed by atoms with Crippen LogP contribution in [-0.2, 0) is 20.6 Å². The van der Waals surface area contributed by atoms with E-state index >= 15 is 0 Å². The highest BCUT2D eigenvalue weighted by Gasteiger charge is 2.25. The Bertz CT molecular complexity index is 2620. The molecule has 0 spiro atoms. The van der Waals surface area contributed by atoms with Crippen LogP contribution in [-0.4, -0.2) is 94.0 Å². The first-order valence-corrected chi connectivity index (χ1v) is 23.6. The van der Waals surface area contributed by atoms with Crippen LogP contribution in [0.3, 0.4) is 0 Å². The lowest BCUT2D eigenvalue weighted by Crippen LogP contribution is -2.17. The van der Waals surface area contributed by atoms with Gasteiger partial charge < -0.3 is 47.9 Å². The molecule has 5 aromatic heterocycles. The molecule has 354 valence electrons. The van der Waals surface area contributed by atoms with Crippen LogP contribution in [0.2, 0.25) is 0 Å². The number of nitrogens with zero attached hydrogens (tertiary/aromatic N) is 5. The number of hydrogen-bond donors (Lipinski definition) is 2. The monoisotopic (exact) mass is 906 g/mol. The lowest BCUT2D eigenvalue weighted by molar-refractivity contribution is 0.0845. The number of anilines is 2. The fraction of sp³-hybridized carbons (Fsp3) is 0.471. The fourth-order valence-electron chi connectivity index (χ4n) is 8.68. The van der Waals surface area contributed by atoms with Gasteiger partial charge in [-0.1, -0.05) is 32.0 Å². The molecule has 0 aliphatic carbocycles. The van der Waals surface area contributed by atoms with E-state index in [9.17, 15) is 9.59 Å². The second kappa shape index (κ2) is 21.5. The number of imidazole rings is 2. The van der Waals surface area contributed by atoms with Crippen LogP contribution in [0.1, 0.15) is 138 Å². The van der Waals surface area contributed by atoms with Crippen molar-refractivity contribution in [1.82, 2.24) is 23.8 Å². The van der Waals surface area contributed by atoms with Crippen molar-refractivity contribution in [3.63, 3.8) is 0 Å². The van der Waals surface area contributed by atoms with Crippen LogP contribution in [0.15, 0.2) is 73.3 Å². The van der Waals surface area contributed by atoms with Gasteiger partial charge >= 0.3 is 0 Å². The van der Waals surface area contributed by atoms with Gasteiger partial charge in [0, 0.05) is 103 Å². The molecule has 1 aromatic carbocycles. The molecule has 15 heteroatoms. The van der Waals surface area contributed by atoms with Crippen molar-refractivity contribution < 1.29 is 40.9 Å². The smallest absolute Gasteiger partial charge is 0.274 e. The second-order valence-corrected chi connectivity index (χ2v) is 17.4. The van der Waals surface area contributed by atoms with Crippen molar-refractivity contribution in [2.75, 3.05) is 56.9 Å². The molecular weight excluding hydrogens is 839 g/mol. The van der Waals surface area contributed by atoms with Gasteiger partial charge in [0.2, 0.25) is 0 Å². The maximum atomic E-state index is 13.1. The van der Waals surface area contributed by atoms with Crippen molar-refractivity contribution >= 4 is 34.5 Å². The lowest BCUT2D eigenvalue weighted by atomic mass is 9.97. The summed E-state index contributed by atoms with van der Waals surface area (Å²) in [7, 11) is 0. The standard InChI is InChI=1S/C25H30N4O4.C24H27N3O4.C2H6.2H2/c1-16(2)33-23-12-24-27-21(17-6-9-31-10-7-17)13-29(24)14-22(23)28-25(30)20-5-3-4-19(26-20)18-8-11-32-15-18;1-15(2)31-21-12-22-25-19(16-6-9-29-10-7-16)13-27(22)14-20(21)26-24(28)18-5-3-4-17-8-11-30-23(17)18;1-2;;/h3-5,12-14,16-18H,6-11,15H2,1-2H3,(H,28,30);3-5,12-16H,6-11H2,1-2H3,(H,26,28);1-2H3;2*1H. The molecule has 4 aliphatic rings. The van der Waals surface area contributed by atoms with Gasteiger partial charge in [0.25, 0.3) is 11.8 Å². The molecule has 9 heterocycles. The van der Waals surface area contributed by atoms with E-state index in [4.69, 9.17) is 38.4 Å². The van der Waals surface area contributed by atoms with Crippen LogP contribution in [0.4, 0.5) is 11.4 Å². The van der Waals surface area contributed by atoms with Crippen LogP contribution >= 0.6 is 0 Å². The number of hydrogen-bond acceptors (Lipinski definition) is 11. The molecule has 1 atom stereocenters. The number of rotatable bonds is 11. The number of benzene rings is 1. The summed E-state index contributed by atoms with van der Waals surface area (Å²) in [5.41, 5.74) is 7.78. The Morgan fingerprint density at radius 1 is 0.636 bits per heavy atom. The number of ether oxygens (including phenoxy) is 6. The Balaban J connectivity index is 0.000000210. The number of nitrogens with one attached hydrogen (secondary N) is 2. The zero-order valence-corrected chi connectivity index (χ0v) is 39.0. The summed E-state index contributed by atoms with van der Waals surface area (Å²) in [5, 5.41) is 6.03. The van der Waals surface area contributed by atoms with Gasteiger partial charge in [0.1, 0.15) is 45.6 Å². The van der Waals surface area contributed by atoms with Crippen molar-refractivity contribution in [3.05, 3.63) is 107 Å². The highest BCUT2D eigenvalue weighted by molar-refractivity contribution is 6.07.